The summed E-state index contributed by atoms with van der Waals surface area (Å²) < 4.78 is 2.67. The lowest BCUT2D eigenvalue weighted by Crippen LogP contribution is -2.61. The number of hydrogen-bond acceptors (Lipinski definition) is 3. The predicted octanol–water partition coefficient (Wildman–Crippen LogP) is 15.7. The van der Waals surface area contributed by atoms with Gasteiger partial charge in [0.05, 0.1) is 5.69 Å². The molecule has 11 rings (SSSR count). The highest BCUT2D eigenvalue weighted by Gasteiger charge is 2.44. The van der Waals surface area contributed by atoms with Gasteiger partial charge in [-0.3, -0.25) is 0 Å². The smallest absolute Gasteiger partial charge is 0.252 e. The van der Waals surface area contributed by atoms with Gasteiger partial charge in [0.25, 0.3) is 6.71 Å². The second-order valence-corrected chi connectivity index (χ2v) is 22.6. The number of benzene rings is 8. The van der Waals surface area contributed by atoms with Gasteiger partial charge in [-0.2, -0.15) is 0 Å². The lowest BCUT2D eigenvalue weighted by molar-refractivity contribution is 0.590. The van der Waals surface area contributed by atoms with Crippen molar-refractivity contribution in [2.45, 2.75) is 85.5 Å². The van der Waals surface area contributed by atoms with E-state index < -0.39 is 0 Å². The average molecular weight is 861 g/mol. The molecular weight excluding hydrogens is 804 g/mol. The van der Waals surface area contributed by atoms with Crippen molar-refractivity contribution in [2.24, 2.45) is 0 Å². The Bertz CT molecular complexity index is 3340. The summed E-state index contributed by atoms with van der Waals surface area (Å²) in [6, 6.07) is 62.7. The van der Waals surface area contributed by atoms with Gasteiger partial charge in [0.1, 0.15) is 0 Å². The Hall–Kier alpha value is -6.36. The van der Waals surface area contributed by atoms with Gasteiger partial charge in [-0.1, -0.05) is 172 Å². The Morgan fingerprint density at radius 2 is 1.00 bits per heavy atom. The molecule has 4 heteroatoms. The normalized spacial score (nSPS) is 13.6. The molecule has 9 aromatic rings. The van der Waals surface area contributed by atoms with E-state index in [9.17, 15) is 0 Å². The topological polar surface area (TPSA) is 6.48 Å². The largest absolute Gasteiger partial charge is 0.311 e. The van der Waals surface area contributed by atoms with Gasteiger partial charge in [0, 0.05) is 54.2 Å². The third kappa shape index (κ3) is 6.83. The minimum absolute atomic E-state index is 0.00682. The molecule has 320 valence electrons. The lowest BCUT2D eigenvalue weighted by Gasteiger charge is -2.45. The van der Waals surface area contributed by atoms with Crippen molar-refractivity contribution in [3.8, 4) is 22.3 Å². The summed E-state index contributed by atoms with van der Waals surface area (Å²) in [4.78, 5) is 5.18. The standard InChI is InChI=1S/C61H57BN2S/c1-38-33-54-57-55(34-38)64(51-31-26-41(59(2,3)4)35-48(51)39-17-12-11-13-18-39)52-32-27-42(60(5,6)7)36-50(52)62(57)49-30-25-43(61(8,9)10)37-53(49)63(54)44-28-23-40(24-29-44)45-20-16-21-47-46-19-14-15-22-56(46)65-58(45)47/h11-37H,1-10H3. The maximum atomic E-state index is 2.60. The molecule has 65 heavy (non-hydrogen) atoms. The summed E-state index contributed by atoms with van der Waals surface area (Å²) >= 11 is 1.89. The highest BCUT2D eigenvalue weighted by Crippen LogP contribution is 2.49. The molecule has 0 saturated heterocycles. The molecule has 0 N–H and O–H groups in total. The van der Waals surface area contributed by atoms with E-state index in [0.717, 1.165) is 5.69 Å². The number of thiophene rings is 1. The Morgan fingerprint density at radius 3 is 1.71 bits per heavy atom. The van der Waals surface area contributed by atoms with Crippen LogP contribution < -0.4 is 26.2 Å². The van der Waals surface area contributed by atoms with E-state index in [4.69, 9.17) is 0 Å². The van der Waals surface area contributed by atoms with E-state index in [1.54, 1.807) is 0 Å². The Labute approximate surface area is 390 Å². The molecule has 0 aliphatic carbocycles. The molecule has 2 aliphatic rings. The first-order chi connectivity index (χ1) is 31.0. The lowest BCUT2D eigenvalue weighted by atomic mass is 9.33. The van der Waals surface area contributed by atoms with E-state index >= 15 is 0 Å². The molecule has 0 radical (unpaired) electrons. The van der Waals surface area contributed by atoms with Gasteiger partial charge < -0.3 is 9.80 Å². The molecule has 3 heterocycles. The molecule has 2 nitrogen and oxygen atoms in total. The molecule has 2 aliphatic heterocycles. The zero-order valence-electron chi connectivity index (χ0n) is 39.5. The molecule has 1 aromatic heterocycles. The molecule has 0 fully saturated rings. The summed E-state index contributed by atoms with van der Waals surface area (Å²) in [5.41, 5.74) is 21.5. The summed E-state index contributed by atoms with van der Waals surface area (Å²) in [6.45, 7) is 23.3. The van der Waals surface area contributed by atoms with Crippen LogP contribution in [-0.2, 0) is 16.2 Å². The monoisotopic (exact) mass is 860 g/mol. The van der Waals surface area contributed by atoms with Crippen molar-refractivity contribution in [3.05, 3.63) is 186 Å². The maximum absolute atomic E-state index is 2.60. The summed E-state index contributed by atoms with van der Waals surface area (Å²) in [6.07, 6.45) is 0. The first-order valence-electron chi connectivity index (χ1n) is 23.3. The van der Waals surface area contributed by atoms with E-state index in [2.05, 4.69) is 243 Å². The van der Waals surface area contributed by atoms with E-state index in [-0.39, 0.29) is 23.0 Å². The third-order valence-electron chi connectivity index (χ3n) is 14.0. The van der Waals surface area contributed by atoms with Gasteiger partial charge in [-0.15, -0.1) is 11.3 Å². The number of aryl methyl sites for hydroxylation is 1. The molecule has 0 spiro atoms. The fraction of sp³-hybridized carbons (Fsp3) is 0.213. The minimum atomic E-state index is -0.0285. The van der Waals surface area contributed by atoms with Crippen LogP contribution in [0.15, 0.2) is 164 Å². The molecule has 0 unspecified atom stereocenters. The van der Waals surface area contributed by atoms with Crippen molar-refractivity contribution < 1.29 is 0 Å². The van der Waals surface area contributed by atoms with Crippen LogP contribution in [0.3, 0.4) is 0 Å². The second kappa shape index (κ2) is 14.8. The van der Waals surface area contributed by atoms with Crippen LogP contribution in [0.25, 0.3) is 42.4 Å². The average Bonchev–Trinajstić information content (AvgIpc) is 3.67. The number of rotatable bonds is 4. The van der Waals surface area contributed by atoms with Crippen LogP contribution in [0.5, 0.6) is 0 Å². The minimum Gasteiger partial charge on any atom is -0.311 e. The van der Waals surface area contributed by atoms with Crippen LogP contribution in [0.2, 0.25) is 0 Å². The predicted molar refractivity (Wildman–Crippen MR) is 285 cm³/mol. The second-order valence-electron chi connectivity index (χ2n) is 21.5. The van der Waals surface area contributed by atoms with E-state index in [1.807, 2.05) is 11.3 Å². The van der Waals surface area contributed by atoms with Crippen molar-refractivity contribution in [1.29, 1.82) is 0 Å². The zero-order chi connectivity index (χ0) is 45.2. The van der Waals surface area contributed by atoms with E-state index in [1.165, 1.54) is 110 Å². The number of nitrogens with zero attached hydrogens (tertiary/aromatic N) is 2. The molecule has 0 amide bonds. The Balaban J connectivity index is 1.17. The van der Waals surface area contributed by atoms with Crippen molar-refractivity contribution >= 4 is 88.7 Å². The zero-order valence-corrected chi connectivity index (χ0v) is 40.3. The number of fused-ring (bicyclic) bond motifs is 7. The molecule has 0 saturated carbocycles. The first kappa shape index (κ1) is 41.4. The van der Waals surface area contributed by atoms with Crippen LogP contribution in [0.4, 0.5) is 34.1 Å². The number of anilines is 6. The van der Waals surface area contributed by atoms with Gasteiger partial charge >= 0.3 is 0 Å². The van der Waals surface area contributed by atoms with Crippen molar-refractivity contribution in [3.63, 3.8) is 0 Å². The van der Waals surface area contributed by atoms with E-state index in [0.29, 0.717) is 0 Å². The molecule has 8 aromatic carbocycles. The first-order valence-corrected chi connectivity index (χ1v) is 24.1. The van der Waals surface area contributed by atoms with Crippen LogP contribution in [-0.4, -0.2) is 6.71 Å². The summed E-state index contributed by atoms with van der Waals surface area (Å²) in [7, 11) is 0. The summed E-state index contributed by atoms with van der Waals surface area (Å²) in [5.74, 6) is 0. The van der Waals surface area contributed by atoms with Gasteiger partial charge in [0.2, 0.25) is 0 Å². The fourth-order valence-electron chi connectivity index (χ4n) is 10.4. The molecule has 0 bridgehead atoms. The van der Waals surface area contributed by atoms with Crippen LogP contribution in [0.1, 0.15) is 84.6 Å². The summed E-state index contributed by atoms with van der Waals surface area (Å²) in [5, 5.41) is 2.66. The maximum Gasteiger partial charge on any atom is 0.252 e. The van der Waals surface area contributed by atoms with Gasteiger partial charge in [0.15, 0.2) is 0 Å². The highest BCUT2D eigenvalue weighted by molar-refractivity contribution is 7.26. The third-order valence-corrected chi connectivity index (χ3v) is 15.2. The van der Waals surface area contributed by atoms with Crippen LogP contribution >= 0.6 is 11.3 Å². The quantitative estimate of drug-likeness (QED) is 0.163. The number of hydrogen-bond donors (Lipinski definition) is 0. The van der Waals surface area contributed by atoms with Crippen LogP contribution in [0, 0.1) is 6.92 Å². The Morgan fingerprint density at radius 1 is 0.415 bits per heavy atom. The van der Waals surface area contributed by atoms with Gasteiger partial charge in [-0.05, 0) is 133 Å². The van der Waals surface area contributed by atoms with Crippen molar-refractivity contribution in [1.82, 2.24) is 0 Å². The fourth-order valence-corrected chi connectivity index (χ4v) is 11.7. The Kier molecular flexibility index (Phi) is 9.44. The SMILES string of the molecule is Cc1cc2c3c(c1)N(c1ccc(C(C)(C)C)cc1-c1ccccc1)c1ccc(C(C)(C)C)cc1B3c1ccc(C(C)(C)C)cc1N2c1ccc(-c2cccc3c2sc2ccccc23)cc1. The molecular formula is C61H57BN2S. The van der Waals surface area contributed by atoms with Gasteiger partial charge in [-0.25, -0.2) is 0 Å². The molecule has 0 atom stereocenters. The van der Waals surface area contributed by atoms with Crippen molar-refractivity contribution in [2.75, 3.05) is 9.80 Å². The highest BCUT2D eigenvalue weighted by atomic mass is 32.1.